The molecule has 0 saturated carbocycles. The molecule has 0 fully saturated rings. The molecule has 1 aromatic heterocycles. The van der Waals surface area contributed by atoms with Crippen LogP contribution in [-0.2, 0) is 6.54 Å². The molecular weight excluding hydrogens is 264 g/mol. The fraction of sp³-hybridized carbons (Fsp3) is 0.357. The monoisotopic (exact) mass is 281 g/mol. The molecule has 0 bridgehead atoms. The van der Waals surface area contributed by atoms with Crippen molar-refractivity contribution in [3.63, 3.8) is 0 Å². The summed E-state index contributed by atoms with van der Waals surface area (Å²) in [4.78, 5) is 0. The highest BCUT2D eigenvalue weighted by atomic mass is 19.3. The van der Waals surface area contributed by atoms with E-state index in [4.69, 9.17) is 5.73 Å². The molecular formula is C14H17F2N3O. The van der Waals surface area contributed by atoms with E-state index < -0.39 is 6.61 Å². The number of nitrogen functional groups attached to an aromatic ring is 1. The summed E-state index contributed by atoms with van der Waals surface area (Å²) in [5.74, 6) is 0.533. The Balaban J connectivity index is 2.29. The number of hydrogen-bond donors (Lipinski definition) is 1. The number of halogens is 2. The Morgan fingerprint density at radius 1 is 1.35 bits per heavy atom. The van der Waals surface area contributed by atoms with E-state index in [0.717, 1.165) is 6.54 Å². The summed E-state index contributed by atoms with van der Waals surface area (Å²) in [6, 6.07) is 6.37. The van der Waals surface area contributed by atoms with Gasteiger partial charge in [0.25, 0.3) is 0 Å². The van der Waals surface area contributed by atoms with Crippen LogP contribution < -0.4 is 10.5 Å². The Kier molecular flexibility index (Phi) is 4.22. The SMILES string of the molecule is CC(C)Cn1cc(N)c(-c2cccc(OC(F)F)c2)n1. The molecule has 0 aliphatic carbocycles. The molecule has 0 aliphatic heterocycles. The zero-order chi connectivity index (χ0) is 14.7. The minimum atomic E-state index is -2.85. The van der Waals surface area contributed by atoms with Gasteiger partial charge in [0, 0.05) is 18.3 Å². The van der Waals surface area contributed by atoms with Gasteiger partial charge in [0.05, 0.1) is 5.69 Å². The van der Waals surface area contributed by atoms with Crippen molar-refractivity contribution in [3.8, 4) is 17.0 Å². The number of anilines is 1. The molecule has 0 unspecified atom stereocenters. The first-order chi connectivity index (χ1) is 9.45. The molecule has 1 heterocycles. The van der Waals surface area contributed by atoms with Gasteiger partial charge in [-0.15, -0.1) is 0 Å². The molecule has 20 heavy (non-hydrogen) atoms. The smallest absolute Gasteiger partial charge is 0.387 e. The van der Waals surface area contributed by atoms with Crippen molar-refractivity contribution in [2.24, 2.45) is 5.92 Å². The van der Waals surface area contributed by atoms with E-state index in [1.165, 1.54) is 12.1 Å². The molecule has 0 amide bonds. The third kappa shape index (κ3) is 3.46. The molecule has 2 aromatic rings. The fourth-order valence-electron chi connectivity index (χ4n) is 1.95. The zero-order valence-electron chi connectivity index (χ0n) is 11.4. The second kappa shape index (κ2) is 5.90. The van der Waals surface area contributed by atoms with Crippen LogP contribution in [0.4, 0.5) is 14.5 Å². The summed E-state index contributed by atoms with van der Waals surface area (Å²) in [5.41, 5.74) is 7.67. The molecule has 0 saturated heterocycles. The first-order valence-corrected chi connectivity index (χ1v) is 6.34. The molecule has 0 aliphatic rings. The second-order valence-electron chi connectivity index (χ2n) is 4.96. The maximum Gasteiger partial charge on any atom is 0.387 e. The van der Waals surface area contributed by atoms with Crippen LogP contribution in [0, 0.1) is 5.92 Å². The lowest BCUT2D eigenvalue weighted by atomic mass is 10.1. The number of nitrogens with zero attached hydrogens (tertiary/aromatic N) is 2. The largest absolute Gasteiger partial charge is 0.435 e. The van der Waals surface area contributed by atoms with Gasteiger partial charge >= 0.3 is 6.61 Å². The van der Waals surface area contributed by atoms with E-state index in [0.29, 0.717) is 22.9 Å². The first-order valence-electron chi connectivity index (χ1n) is 6.34. The molecule has 0 spiro atoms. The maximum absolute atomic E-state index is 12.2. The molecule has 108 valence electrons. The van der Waals surface area contributed by atoms with E-state index in [1.54, 1.807) is 23.0 Å². The summed E-state index contributed by atoms with van der Waals surface area (Å²) in [7, 11) is 0. The van der Waals surface area contributed by atoms with Gasteiger partial charge < -0.3 is 10.5 Å². The average Bonchev–Trinajstić information content (AvgIpc) is 2.68. The zero-order valence-corrected chi connectivity index (χ0v) is 11.4. The van der Waals surface area contributed by atoms with Crippen LogP contribution in [0.2, 0.25) is 0 Å². The van der Waals surface area contributed by atoms with Crippen LogP contribution >= 0.6 is 0 Å². The highest BCUT2D eigenvalue weighted by Gasteiger charge is 2.11. The van der Waals surface area contributed by atoms with Gasteiger partial charge in [0.15, 0.2) is 0 Å². The van der Waals surface area contributed by atoms with Crippen molar-refractivity contribution in [2.45, 2.75) is 27.0 Å². The minimum absolute atomic E-state index is 0.0929. The number of benzene rings is 1. The number of ether oxygens (including phenoxy) is 1. The summed E-state index contributed by atoms with van der Waals surface area (Å²) < 4.78 is 30.6. The van der Waals surface area contributed by atoms with Crippen molar-refractivity contribution in [1.82, 2.24) is 9.78 Å². The minimum Gasteiger partial charge on any atom is -0.435 e. The standard InChI is InChI=1S/C14H17F2N3O/c1-9(2)7-19-8-12(17)13(18-19)10-4-3-5-11(6-10)20-14(15)16/h3-6,8-9,14H,7,17H2,1-2H3. The molecule has 1 aromatic carbocycles. The van der Waals surface area contributed by atoms with E-state index in [1.807, 2.05) is 0 Å². The van der Waals surface area contributed by atoms with Crippen molar-refractivity contribution in [3.05, 3.63) is 30.5 Å². The Hall–Kier alpha value is -2.11. The van der Waals surface area contributed by atoms with Gasteiger partial charge in [-0.1, -0.05) is 26.0 Å². The maximum atomic E-state index is 12.2. The number of alkyl halides is 2. The lowest BCUT2D eigenvalue weighted by molar-refractivity contribution is -0.0498. The Labute approximate surface area is 116 Å². The predicted octanol–water partition coefficient (Wildman–Crippen LogP) is 3.39. The molecule has 0 radical (unpaired) electrons. The lowest BCUT2D eigenvalue weighted by Crippen LogP contribution is -2.04. The van der Waals surface area contributed by atoms with Crippen LogP contribution in [0.1, 0.15) is 13.8 Å². The van der Waals surface area contributed by atoms with Gasteiger partial charge in [-0.2, -0.15) is 13.9 Å². The highest BCUT2D eigenvalue weighted by Crippen LogP contribution is 2.28. The number of hydrogen-bond acceptors (Lipinski definition) is 3. The van der Waals surface area contributed by atoms with Gasteiger partial charge in [-0.3, -0.25) is 4.68 Å². The molecule has 2 N–H and O–H groups in total. The van der Waals surface area contributed by atoms with Crippen LogP contribution in [0.3, 0.4) is 0 Å². The van der Waals surface area contributed by atoms with Crippen LogP contribution in [-0.4, -0.2) is 16.4 Å². The number of aromatic nitrogens is 2. The topological polar surface area (TPSA) is 53.1 Å². The first kappa shape index (κ1) is 14.3. The highest BCUT2D eigenvalue weighted by molar-refractivity contribution is 5.72. The van der Waals surface area contributed by atoms with Crippen molar-refractivity contribution in [1.29, 1.82) is 0 Å². The lowest BCUT2D eigenvalue weighted by Gasteiger charge is -2.06. The van der Waals surface area contributed by atoms with Crippen LogP contribution in [0.5, 0.6) is 5.75 Å². The van der Waals surface area contributed by atoms with Crippen LogP contribution in [0.25, 0.3) is 11.3 Å². The summed E-state index contributed by atoms with van der Waals surface area (Å²) in [6.45, 7) is 2.06. The molecule has 0 atom stereocenters. The van der Waals surface area contributed by atoms with Gasteiger partial charge in [0.2, 0.25) is 0 Å². The fourth-order valence-corrected chi connectivity index (χ4v) is 1.95. The van der Waals surface area contributed by atoms with Gasteiger partial charge in [0.1, 0.15) is 11.4 Å². The van der Waals surface area contributed by atoms with E-state index >= 15 is 0 Å². The summed E-state index contributed by atoms with van der Waals surface area (Å²) >= 11 is 0. The van der Waals surface area contributed by atoms with E-state index in [-0.39, 0.29) is 5.75 Å². The van der Waals surface area contributed by atoms with E-state index in [2.05, 4.69) is 23.7 Å². The van der Waals surface area contributed by atoms with Crippen molar-refractivity contribution < 1.29 is 13.5 Å². The quantitative estimate of drug-likeness (QED) is 0.914. The third-order valence-corrected chi connectivity index (χ3v) is 2.67. The Bertz CT molecular complexity index is 582. The molecule has 4 nitrogen and oxygen atoms in total. The normalized spacial score (nSPS) is 11.3. The summed E-state index contributed by atoms with van der Waals surface area (Å²) in [5, 5.41) is 4.39. The molecule has 2 rings (SSSR count). The van der Waals surface area contributed by atoms with Gasteiger partial charge in [-0.05, 0) is 18.1 Å². The van der Waals surface area contributed by atoms with E-state index in [9.17, 15) is 8.78 Å². The second-order valence-corrected chi connectivity index (χ2v) is 4.96. The van der Waals surface area contributed by atoms with Crippen molar-refractivity contribution in [2.75, 3.05) is 5.73 Å². The Morgan fingerprint density at radius 3 is 2.75 bits per heavy atom. The van der Waals surface area contributed by atoms with Gasteiger partial charge in [-0.25, -0.2) is 0 Å². The third-order valence-electron chi connectivity index (χ3n) is 2.67. The molecule has 6 heteroatoms. The number of rotatable bonds is 5. The summed E-state index contributed by atoms with van der Waals surface area (Å²) in [6.07, 6.45) is 1.75. The van der Waals surface area contributed by atoms with Crippen molar-refractivity contribution >= 4 is 5.69 Å². The average molecular weight is 281 g/mol. The number of nitrogens with two attached hydrogens (primary N) is 1. The Morgan fingerprint density at radius 2 is 2.10 bits per heavy atom. The van der Waals surface area contributed by atoms with Crippen LogP contribution in [0.15, 0.2) is 30.5 Å². The predicted molar refractivity (Wildman–Crippen MR) is 73.5 cm³/mol.